The zero-order chi connectivity index (χ0) is 14.6. The molecule has 0 heterocycles. The maximum absolute atomic E-state index is 12.5. The van der Waals surface area contributed by atoms with E-state index in [-0.39, 0.29) is 17.1 Å². The quantitative estimate of drug-likeness (QED) is 0.881. The van der Waals surface area contributed by atoms with E-state index in [2.05, 4.69) is 4.72 Å². The van der Waals surface area contributed by atoms with Crippen LogP contribution in [0.1, 0.15) is 37.7 Å². The largest absolute Gasteiger partial charge is 0.394 e. The van der Waals surface area contributed by atoms with Gasteiger partial charge in [0, 0.05) is 0 Å². The van der Waals surface area contributed by atoms with Crippen LogP contribution in [0, 0.1) is 11.3 Å². The average molecular weight is 294 g/mol. The van der Waals surface area contributed by atoms with E-state index in [1.807, 2.05) is 6.07 Å². The first-order chi connectivity index (χ1) is 9.53. The molecular weight excluding hydrogens is 276 g/mol. The van der Waals surface area contributed by atoms with Gasteiger partial charge in [0.15, 0.2) is 0 Å². The molecule has 0 aromatic heterocycles. The SMILES string of the molecule is N#Cc1ccccc1S(=O)(=O)NC1(CO)CCCCC1. The molecule has 20 heavy (non-hydrogen) atoms. The van der Waals surface area contributed by atoms with E-state index in [9.17, 15) is 13.5 Å². The second-order valence-corrected chi connectivity index (χ2v) is 6.86. The molecule has 2 N–H and O–H groups in total. The standard InChI is InChI=1S/C14H18N2O3S/c15-10-12-6-2-3-7-13(12)20(18,19)16-14(11-17)8-4-1-5-9-14/h2-3,6-7,16-17H,1,4-5,8-9,11H2. The molecular formula is C14H18N2O3S. The van der Waals surface area contributed by atoms with Gasteiger partial charge < -0.3 is 5.11 Å². The molecule has 1 saturated carbocycles. The van der Waals surface area contributed by atoms with Crippen LogP contribution in [0.25, 0.3) is 0 Å². The molecule has 0 saturated heterocycles. The number of aliphatic hydroxyl groups excluding tert-OH is 1. The number of aliphatic hydroxyl groups is 1. The Kier molecular flexibility index (Phi) is 4.43. The summed E-state index contributed by atoms with van der Waals surface area (Å²) >= 11 is 0. The molecule has 6 heteroatoms. The van der Waals surface area contributed by atoms with Gasteiger partial charge in [-0.1, -0.05) is 31.4 Å². The van der Waals surface area contributed by atoms with Gasteiger partial charge >= 0.3 is 0 Å². The average Bonchev–Trinajstić information content (AvgIpc) is 2.47. The minimum atomic E-state index is -3.81. The number of nitrogens with zero attached hydrogens (tertiary/aromatic N) is 1. The van der Waals surface area contributed by atoms with E-state index in [1.54, 1.807) is 12.1 Å². The molecule has 1 aromatic rings. The van der Waals surface area contributed by atoms with E-state index < -0.39 is 15.6 Å². The molecule has 5 nitrogen and oxygen atoms in total. The Morgan fingerprint density at radius 1 is 1.25 bits per heavy atom. The predicted molar refractivity (Wildman–Crippen MR) is 74.4 cm³/mol. The molecule has 108 valence electrons. The van der Waals surface area contributed by atoms with Crippen LogP contribution in [-0.4, -0.2) is 25.7 Å². The van der Waals surface area contributed by atoms with Crippen molar-refractivity contribution in [3.05, 3.63) is 29.8 Å². The highest BCUT2D eigenvalue weighted by molar-refractivity contribution is 7.89. The second kappa shape index (κ2) is 5.92. The third kappa shape index (κ3) is 3.01. The Morgan fingerprint density at radius 3 is 2.50 bits per heavy atom. The lowest BCUT2D eigenvalue weighted by Crippen LogP contribution is -2.52. The minimum Gasteiger partial charge on any atom is -0.394 e. The van der Waals surface area contributed by atoms with Gasteiger partial charge in [-0.2, -0.15) is 5.26 Å². The van der Waals surface area contributed by atoms with Gasteiger partial charge in [-0.25, -0.2) is 13.1 Å². The van der Waals surface area contributed by atoms with Crippen LogP contribution in [0.3, 0.4) is 0 Å². The van der Waals surface area contributed by atoms with Crippen molar-refractivity contribution in [2.45, 2.75) is 42.5 Å². The first-order valence-electron chi connectivity index (χ1n) is 6.67. The maximum atomic E-state index is 12.5. The van der Waals surface area contributed by atoms with E-state index >= 15 is 0 Å². The minimum absolute atomic E-state index is 0.0269. The van der Waals surface area contributed by atoms with Crippen molar-refractivity contribution in [2.75, 3.05) is 6.61 Å². The van der Waals surface area contributed by atoms with Gasteiger partial charge in [0.1, 0.15) is 6.07 Å². The zero-order valence-corrected chi connectivity index (χ0v) is 12.0. The molecule has 0 aliphatic heterocycles. The number of sulfonamides is 1. The highest BCUT2D eigenvalue weighted by Crippen LogP contribution is 2.30. The Hall–Kier alpha value is -1.42. The second-order valence-electron chi connectivity index (χ2n) is 5.21. The molecule has 1 aliphatic carbocycles. The Morgan fingerprint density at radius 2 is 1.90 bits per heavy atom. The molecule has 0 bridgehead atoms. The van der Waals surface area contributed by atoms with Crippen molar-refractivity contribution in [3.8, 4) is 6.07 Å². The molecule has 0 radical (unpaired) electrons. The van der Waals surface area contributed by atoms with Crippen molar-refractivity contribution in [1.29, 1.82) is 5.26 Å². The normalized spacial score (nSPS) is 18.4. The molecule has 0 unspecified atom stereocenters. The molecule has 1 aromatic carbocycles. The highest BCUT2D eigenvalue weighted by Gasteiger charge is 2.36. The number of hydrogen-bond acceptors (Lipinski definition) is 4. The van der Waals surface area contributed by atoms with Crippen LogP contribution < -0.4 is 4.72 Å². The molecule has 1 aliphatic rings. The van der Waals surface area contributed by atoms with E-state index in [1.165, 1.54) is 12.1 Å². The van der Waals surface area contributed by atoms with Crippen molar-refractivity contribution in [3.63, 3.8) is 0 Å². The lowest BCUT2D eigenvalue weighted by atomic mass is 9.83. The van der Waals surface area contributed by atoms with Crippen LogP contribution >= 0.6 is 0 Å². The van der Waals surface area contributed by atoms with Crippen molar-refractivity contribution in [2.24, 2.45) is 0 Å². The number of hydrogen-bond donors (Lipinski definition) is 2. The zero-order valence-electron chi connectivity index (χ0n) is 11.2. The first kappa shape index (κ1) is 15.0. The summed E-state index contributed by atoms with van der Waals surface area (Å²) in [7, 11) is -3.81. The summed E-state index contributed by atoms with van der Waals surface area (Å²) in [4.78, 5) is -0.0269. The summed E-state index contributed by atoms with van der Waals surface area (Å²) in [6, 6.07) is 7.98. The summed E-state index contributed by atoms with van der Waals surface area (Å²) in [6.07, 6.45) is 4.08. The summed E-state index contributed by atoms with van der Waals surface area (Å²) in [5.74, 6) is 0. The van der Waals surface area contributed by atoms with Crippen molar-refractivity contribution >= 4 is 10.0 Å². The molecule has 0 amide bonds. The van der Waals surface area contributed by atoms with Crippen LogP contribution in [-0.2, 0) is 10.0 Å². The predicted octanol–water partition coefficient (Wildman–Crippen LogP) is 1.53. The number of nitrogens with one attached hydrogen (secondary N) is 1. The van der Waals surface area contributed by atoms with Gasteiger partial charge in [0.05, 0.1) is 22.6 Å². The molecule has 0 atom stereocenters. The fraction of sp³-hybridized carbons (Fsp3) is 0.500. The summed E-state index contributed by atoms with van der Waals surface area (Å²) < 4.78 is 27.6. The fourth-order valence-electron chi connectivity index (χ4n) is 2.65. The van der Waals surface area contributed by atoms with Crippen molar-refractivity contribution < 1.29 is 13.5 Å². The summed E-state index contributed by atoms with van der Waals surface area (Å²) in [5, 5.41) is 18.6. The van der Waals surface area contributed by atoms with E-state index in [0.29, 0.717) is 12.8 Å². The highest BCUT2D eigenvalue weighted by atomic mass is 32.2. The van der Waals surface area contributed by atoms with Crippen molar-refractivity contribution in [1.82, 2.24) is 4.72 Å². The molecule has 1 fully saturated rings. The van der Waals surface area contributed by atoms with Crippen LogP contribution in [0.2, 0.25) is 0 Å². The Balaban J connectivity index is 2.33. The lowest BCUT2D eigenvalue weighted by molar-refractivity contribution is 0.142. The number of benzene rings is 1. The van der Waals surface area contributed by atoms with Gasteiger partial charge in [0.25, 0.3) is 0 Å². The smallest absolute Gasteiger partial charge is 0.242 e. The van der Waals surface area contributed by atoms with Crippen LogP contribution in [0.4, 0.5) is 0 Å². The number of rotatable bonds is 4. The monoisotopic (exact) mass is 294 g/mol. The summed E-state index contributed by atoms with van der Waals surface area (Å²) in [5.41, 5.74) is -0.677. The Labute approximate surface area is 119 Å². The van der Waals surface area contributed by atoms with E-state index in [4.69, 9.17) is 5.26 Å². The summed E-state index contributed by atoms with van der Waals surface area (Å²) in [6.45, 7) is -0.221. The number of nitriles is 1. The first-order valence-corrected chi connectivity index (χ1v) is 8.15. The molecule has 0 spiro atoms. The topological polar surface area (TPSA) is 90.2 Å². The van der Waals surface area contributed by atoms with E-state index in [0.717, 1.165) is 19.3 Å². The van der Waals surface area contributed by atoms with Crippen LogP contribution in [0.15, 0.2) is 29.2 Å². The van der Waals surface area contributed by atoms with Gasteiger partial charge in [0.2, 0.25) is 10.0 Å². The molecule has 2 rings (SSSR count). The maximum Gasteiger partial charge on any atom is 0.242 e. The van der Waals surface area contributed by atoms with Gasteiger partial charge in [-0.05, 0) is 25.0 Å². The van der Waals surface area contributed by atoms with Gasteiger partial charge in [-0.15, -0.1) is 0 Å². The lowest BCUT2D eigenvalue weighted by Gasteiger charge is -2.36. The fourth-order valence-corrected chi connectivity index (χ4v) is 4.26. The van der Waals surface area contributed by atoms with Crippen LogP contribution in [0.5, 0.6) is 0 Å². The third-order valence-corrected chi connectivity index (χ3v) is 5.40. The third-order valence-electron chi connectivity index (χ3n) is 3.76. The Bertz CT molecular complexity index is 614. The van der Waals surface area contributed by atoms with Gasteiger partial charge in [-0.3, -0.25) is 0 Å².